The minimum absolute atomic E-state index is 0.0359. The van der Waals surface area contributed by atoms with Crippen molar-refractivity contribution in [2.24, 2.45) is 0 Å². The number of fused-ring (bicyclic) bond motifs is 1. The summed E-state index contributed by atoms with van der Waals surface area (Å²) in [5.74, 6) is -1.49. The molecule has 26 heavy (non-hydrogen) atoms. The molecule has 130 valence electrons. The zero-order chi connectivity index (χ0) is 18.3. The Bertz CT molecular complexity index is 1110. The van der Waals surface area contributed by atoms with Gasteiger partial charge in [0.25, 0.3) is 5.91 Å². The number of hydrogen-bond donors (Lipinski definition) is 2. The lowest BCUT2D eigenvalue weighted by Crippen LogP contribution is -2.13. The summed E-state index contributed by atoms with van der Waals surface area (Å²) >= 11 is 2.61. The van der Waals surface area contributed by atoms with Gasteiger partial charge in [-0.25, -0.2) is 9.78 Å². The lowest BCUT2D eigenvalue weighted by molar-refractivity contribution is 0.0699. The molecular weight excluding hydrogens is 372 g/mol. The number of aryl methyl sites for hydroxylation is 1. The van der Waals surface area contributed by atoms with E-state index in [9.17, 15) is 14.7 Å². The largest absolute Gasteiger partial charge is 0.478 e. The van der Waals surface area contributed by atoms with Crippen LogP contribution >= 0.6 is 22.7 Å². The molecule has 0 saturated heterocycles. The molecule has 8 heteroatoms. The lowest BCUT2D eigenvalue weighted by Gasteiger charge is -2.03. The molecule has 0 aliphatic rings. The molecule has 0 fully saturated rings. The fraction of sp³-hybridized carbons (Fsp3) is 0.0556. The van der Waals surface area contributed by atoms with Crippen molar-refractivity contribution in [3.8, 4) is 9.88 Å². The number of thiazole rings is 1. The highest BCUT2D eigenvalue weighted by Crippen LogP contribution is 2.37. The van der Waals surface area contributed by atoms with Crippen LogP contribution in [-0.2, 0) is 0 Å². The standard InChI is InChI=1S/C18H12N2O4S2/c1-9-7-26-17(19-9)15-14(18(22)23)11(8-25-15)20-16(21)13-6-10-4-2-3-5-12(10)24-13/h2-8H,1H3,(H,20,21)(H,22,23). The maximum atomic E-state index is 12.5. The number of benzene rings is 1. The molecular formula is C18H12N2O4S2. The number of carboxylic acids is 1. The molecule has 3 aromatic heterocycles. The second kappa shape index (κ2) is 6.40. The van der Waals surface area contributed by atoms with Crippen LogP contribution < -0.4 is 5.32 Å². The van der Waals surface area contributed by atoms with E-state index in [0.717, 1.165) is 11.1 Å². The van der Waals surface area contributed by atoms with Gasteiger partial charge in [0, 0.05) is 21.8 Å². The van der Waals surface area contributed by atoms with Gasteiger partial charge in [0.1, 0.15) is 16.2 Å². The number of aromatic nitrogens is 1. The second-order valence-electron chi connectivity index (χ2n) is 5.56. The Kier molecular flexibility index (Phi) is 4.06. The van der Waals surface area contributed by atoms with Crippen LogP contribution in [0.1, 0.15) is 26.6 Å². The molecule has 0 atom stereocenters. The zero-order valence-electron chi connectivity index (χ0n) is 13.5. The van der Waals surface area contributed by atoms with Gasteiger partial charge in [0.15, 0.2) is 5.76 Å². The normalized spacial score (nSPS) is 11.0. The predicted octanol–water partition coefficient (Wildman–Crippen LogP) is 4.88. The summed E-state index contributed by atoms with van der Waals surface area (Å²) in [4.78, 5) is 29.1. The van der Waals surface area contributed by atoms with Crippen LogP contribution in [0.15, 0.2) is 45.5 Å². The SMILES string of the molecule is Cc1csc(-c2scc(NC(=O)c3cc4ccccc4o3)c2C(=O)O)n1. The molecule has 0 unspecified atom stereocenters. The van der Waals surface area contributed by atoms with Crippen molar-refractivity contribution in [3.63, 3.8) is 0 Å². The highest BCUT2D eigenvalue weighted by Gasteiger charge is 2.24. The molecule has 0 aliphatic heterocycles. The van der Waals surface area contributed by atoms with Gasteiger partial charge in [0.2, 0.25) is 0 Å². The highest BCUT2D eigenvalue weighted by molar-refractivity contribution is 7.20. The van der Waals surface area contributed by atoms with Crippen LogP contribution in [0.25, 0.3) is 20.9 Å². The first-order valence-electron chi connectivity index (χ1n) is 7.60. The number of carbonyl (C=O) groups excluding carboxylic acids is 1. The Morgan fingerprint density at radius 1 is 1.19 bits per heavy atom. The Hall–Kier alpha value is -2.97. The van der Waals surface area contributed by atoms with Gasteiger partial charge >= 0.3 is 5.97 Å². The highest BCUT2D eigenvalue weighted by atomic mass is 32.1. The summed E-state index contributed by atoms with van der Waals surface area (Å²) in [6.45, 7) is 1.85. The molecule has 1 amide bonds. The monoisotopic (exact) mass is 384 g/mol. The number of anilines is 1. The number of nitrogens with zero attached hydrogens (tertiary/aromatic N) is 1. The van der Waals surface area contributed by atoms with Crippen LogP contribution in [0.3, 0.4) is 0 Å². The molecule has 0 spiro atoms. The maximum absolute atomic E-state index is 12.5. The summed E-state index contributed by atoms with van der Waals surface area (Å²) in [7, 11) is 0. The van der Waals surface area contributed by atoms with E-state index in [4.69, 9.17) is 4.42 Å². The average molecular weight is 384 g/mol. The summed E-state index contributed by atoms with van der Waals surface area (Å²) < 4.78 is 5.53. The summed E-state index contributed by atoms with van der Waals surface area (Å²) in [6, 6.07) is 8.90. The number of aromatic carboxylic acids is 1. The van der Waals surface area contributed by atoms with Gasteiger partial charge < -0.3 is 14.8 Å². The van der Waals surface area contributed by atoms with Gasteiger partial charge in [-0.1, -0.05) is 18.2 Å². The van der Waals surface area contributed by atoms with Crippen LogP contribution in [0.2, 0.25) is 0 Å². The Labute approximate surface area is 155 Å². The third kappa shape index (κ3) is 2.89. The first-order valence-corrected chi connectivity index (χ1v) is 9.36. The second-order valence-corrected chi connectivity index (χ2v) is 7.29. The molecule has 4 aromatic rings. The Balaban J connectivity index is 1.68. The molecule has 3 heterocycles. The van der Waals surface area contributed by atoms with E-state index in [1.165, 1.54) is 22.7 Å². The molecule has 2 N–H and O–H groups in total. The van der Waals surface area contributed by atoms with Crippen molar-refractivity contribution in [1.82, 2.24) is 4.98 Å². The molecule has 1 aromatic carbocycles. The number of furan rings is 1. The van der Waals surface area contributed by atoms with Crippen molar-refractivity contribution < 1.29 is 19.1 Å². The van der Waals surface area contributed by atoms with Gasteiger partial charge in [-0.2, -0.15) is 0 Å². The zero-order valence-corrected chi connectivity index (χ0v) is 15.1. The van der Waals surface area contributed by atoms with Gasteiger partial charge in [-0.3, -0.25) is 4.79 Å². The molecule has 0 aliphatic carbocycles. The fourth-order valence-corrected chi connectivity index (χ4v) is 4.46. The molecule has 0 radical (unpaired) electrons. The number of carboxylic acid groups (broad SMARTS) is 1. The quantitative estimate of drug-likeness (QED) is 0.523. The van der Waals surface area contributed by atoms with Gasteiger partial charge in [-0.15, -0.1) is 22.7 Å². The van der Waals surface area contributed by atoms with Crippen LogP contribution in [0.4, 0.5) is 5.69 Å². The van der Waals surface area contributed by atoms with E-state index in [-0.39, 0.29) is 17.0 Å². The summed E-state index contributed by atoms with van der Waals surface area (Å²) in [6.07, 6.45) is 0. The van der Waals surface area contributed by atoms with Crippen LogP contribution in [0.5, 0.6) is 0 Å². The number of para-hydroxylation sites is 1. The van der Waals surface area contributed by atoms with Crippen molar-refractivity contribution in [2.75, 3.05) is 5.32 Å². The molecule has 6 nitrogen and oxygen atoms in total. The molecule has 0 bridgehead atoms. The molecule has 4 rings (SSSR count). The topological polar surface area (TPSA) is 92.4 Å². The van der Waals surface area contributed by atoms with Crippen molar-refractivity contribution in [1.29, 1.82) is 0 Å². The Morgan fingerprint density at radius 3 is 2.69 bits per heavy atom. The van der Waals surface area contributed by atoms with Crippen molar-refractivity contribution in [3.05, 3.63) is 58.1 Å². The third-order valence-corrected chi connectivity index (χ3v) is 5.81. The van der Waals surface area contributed by atoms with E-state index in [1.807, 2.05) is 30.5 Å². The summed E-state index contributed by atoms with van der Waals surface area (Å²) in [5, 5.41) is 17.1. The molecule has 0 saturated carbocycles. The first-order chi connectivity index (χ1) is 12.5. The van der Waals surface area contributed by atoms with E-state index in [2.05, 4.69) is 10.3 Å². The first kappa shape index (κ1) is 16.5. The number of thiophene rings is 1. The minimum atomic E-state index is -1.12. The third-order valence-electron chi connectivity index (χ3n) is 3.72. The number of hydrogen-bond acceptors (Lipinski definition) is 6. The van der Waals surface area contributed by atoms with Crippen LogP contribution in [0, 0.1) is 6.92 Å². The predicted molar refractivity (Wildman–Crippen MR) is 101 cm³/mol. The minimum Gasteiger partial charge on any atom is -0.478 e. The number of carbonyl (C=O) groups is 2. The number of nitrogens with one attached hydrogen (secondary N) is 1. The number of rotatable bonds is 4. The van der Waals surface area contributed by atoms with E-state index in [1.54, 1.807) is 17.5 Å². The summed E-state index contributed by atoms with van der Waals surface area (Å²) in [5.41, 5.74) is 1.69. The van der Waals surface area contributed by atoms with Gasteiger partial charge in [0.05, 0.1) is 10.6 Å². The van der Waals surface area contributed by atoms with E-state index in [0.29, 0.717) is 15.5 Å². The van der Waals surface area contributed by atoms with E-state index < -0.39 is 11.9 Å². The number of amides is 1. The Morgan fingerprint density at radius 2 is 2.00 bits per heavy atom. The van der Waals surface area contributed by atoms with Crippen LogP contribution in [-0.4, -0.2) is 22.0 Å². The fourth-order valence-electron chi connectivity index (χ4n) is 2.56. The average Bonchev–Trinajstić information content (AvgIpc) is 3.31. The smallest absolute Gasteiger partial charge is 0.339 e. The van der Waals surface area contributed by atoms with E-state index >= 15 is 0 Å². The van der Waals surface area contributed by atoms with Crippen molar-refractivity contribution >= 4 is 51.2 Å². The lowest BCUT2D eigenvalue weighted by atomic mass is 10.2. The maximum Gasteiger partial charge on any atom is 0.339 e. The van der Waals surface area contributed by atoms with Gasteiger partial charge in [-0.05, 0) is 19.1 Å². The van der Waals surface area contributed by atoms with Crippen molar-refractivity contribution in [2.45, 2.75) is 6.92 Å².